The summed E-state index contributed by atoms with van der Waals surface area (Å²) in [6.45, 7) is 6.36. The fraction of sp³-hybridized carbons (Fsp3) is 0.618. The van der Waals surface area contributed by atoms with E-state index in [1.807, 2.05) is 6.07 Å². The van der Waals surface area contributed by atoms with Crippen LogP contribution in [0.5, 0.6) is 0 Å². The molecule has 0 atom stereocenters. The topological polar surface area (TPSA) is 350 Å². The summed E-state index contributed by atoms with van der Waals surface area (Å²) >= 11 is 5.65. The molecule has 2 aromatic rings. The minimum absolute atomic E-state index is 0.0436. The number of alkyl carbamates (subject to hydrolysis) is 4. The molecule has 0 bridgehead atoms. The van der Waals surface area contributed by atoms with Gasteiger partial charge in [-0.1, -0.05) is 42.9 Å². The van der Waals surface area contributed by atoms with Crippen molar-refractivity contribution < 1.29 is 80.9 Å². The number of carbonyl (C=O) groups excluding carboxylic acids is 7. The second-order valence-corrected chi connectivity index (χ2v) is 18.3. The number of anilines is 1. The molecule has 0 saturated heterocycles. The van der Waals surface area contributed by atoms with Crippen LogP contribution in [0.25, 0.3) is 10.4 Å². The zero-order valence-electron chi connectivity index (χ0n) is 47.7. The molecule has 0 aliphatic heterocycles. The van der Waals surface area contributed by atoms with Crippen LogP contribution in [0.4, 0.5) is 30.6 Å². The Morgan fingerprint density at radius 1 is 0.566 bits per heavy atom. The molecule has 0 saturated carbocycles. The van der Waals surface area contributed by atoms with Crippen LogP contribution in [-0.2, 0) is 63.5 Å². The second-order valence-electron chi connectivity index (χ2n) is 18.0. The van der Waals surface area contributed by atoms with Crippen molar-refractivity contribution in [2.45, 2.75) is 77.7 Å². The van der Waals surface area contributed by atoms with Gasteiger partial charge in [-0.25, -0.2) is 19.2 Å². The molecule has 2 rings (SSSR count). The van der Waals surface area contributed by atoms with Crippen molar-refractivity contribution in [3.63, 3.8) is 0 Å². The van der Waals surface area contributed by atoms with E-state index in [2.05, 4.69) is 36.6 Å². The summed E-state index contributed by atoms with van der Waals surface area (Å²) < 4.78 is 52.8. The van der Waals surface area contributed by atoms with Crippen molar-refractivity contribution in [2.24, 2.45) is 10.8 Å². The van der Waals surface area contributed by atoms with Crippen molar-refractivity contribution in [1.29, 1.82) is 0 Å². The summed E-state index contributed by atoms with van der Waals surface area (Å²) in [6, 6.07) is 11.8. The number of rotatable bonds is 49. The lowest BCUT2D eigenvalue weighted by Crippen LogP contribution is -2.38. The van der Waals surface area contributed by atoms with E-state index in [4.69, 9.17) is 70.2 Å². The molecule has 28 heteroatoms. The highest BCUT2D eigenvalue weighted by atomic mass is 35.5. The fourth-order valence-electron chi connectivity index (χ4n) is 6.98. The average Bonchev–Trinajstić information content (AvgIpc) is 3.57. The standard InChI is InChI=1S/C55H85ClN10O17/c1-44-14-15-45(42-48(44)64-65-58)43-66(51(69)46-16-18-47(19-17-46)63-50(68)13-7-3-2-6-12-49(57)67)25-21-59-52(70)82-40-38-78-36-34-76-29-22-60-53(71)80-27-10-11-28-81-54(72)61-23-30-77-35-37-79-39-41-83-55(73)62-24-31-75-33-32-74-26-9-5-4-8-20-56/h10-11,14-19,42H,2-9,12-13,20-41,43H2,1H3,(H2,57,67)(H,59,70)(H,60,71)(H,61,72)(H,62,73)(H,63,68)/b11-10+. The van der Waals surface area contributed by atoms with Gasteiger partial charge < -0.3 is 84.6 Å². The zero-order chi connectivity index (χ0) is 60.2. The van der Waals surface area contributed by atoms with Gasteiger partial charge in [0.15, 0.2) is 0 Å². The summed E-state index contributed by atoms with van der Waals surface area (Å²) in [5.41, 5.74) is 16.9. The van der Waals surface area contributed by atoms with Crippen molar-refractivity contribution in [2.75, 3.05) is 150 Å². The van der Waals surface area contributed by atoms with Gasteiger partial charge in [0, 0.05) is 86.4 Å². The highest BCUT2D eigenvalue weighted by molar-refractivity contribution is 6.17. The van der Waals surface area contributed by atoms with E-state index in [0.29, 0.717) is 87.0 Å². The normalized spacial score (nSPS) is 10.8. The van der Waals surface area contributed by atoms with Crippen LogP contribution in [0.2, 0.25) is 0 Å². The Morgan fingerprint density at radius 3 is 1.57 bits per heavy atom. The molecule has 0 unspecified atom stereocenters. The minimum Gasteiger partial charge on any atom is -0.447 e. The Hall–Kier alpha value is -6.97. The number of carbonyl (C=O) groups is 7. The molecule has 2 aromatic carbocycles. The Kier molecular flexibility index (Phi) is 43.1. The lowest BCUT2D eigenvalue weighted by atomic mass is 10.1. The van der Waals surface area contributed by atoms with Crippen LogP contribution in [-0.4, -0.2) is 191 Å². The molecule has 464 valence electrons. The predicted molar refractivity (Wildman–Crippen MR) is 307 cm³/mol. The van der Waals surface area contributed by atoms with Crippen LogP contribution >= 0.6 is 11.6 Å². The van der Waals surface area contributed by atoms with Gasteiger partial charge in [0.2, 0.25) is 11.8 Å². The molecule has 7 N–H and O–H groups in total. The first-order chi connectivity index (χ1) is 40.4. The van der Waals surface area contributed by atoms with Crippen LogP contribution in [0.3, 0.4) is 0 Å². The first kappa shape index (κ1) is 72.1. The van der Waals surface area contributed by atoms with Gasteiger partial charge in [-0.3, -0.25) is 14.4 Å². The minimum atomic E-state index is -0.715. The highest BCUT2D eigenvalue weighted by Crippen LogP contribution is 2.22. The molecule has 0 radical (unpaired) electrons. The molecule has 0 fully saturated rings. The maximum atomic E-state index is 13.8. The van der Waals surface area contributed by atoms with E-state index in [-0.39, 0.29) is 130 Å². The fourth-order valence-corrected chi connectivity index (χ4v) is 7.17. The average molecular weight is 1190 g/mol. The first-order valence-corrected chi connectivity index (χ1v) is 28.4. The second kappa shape index (κ2) is 49.6. The van der Waals surface area contributed by atoms with Crippen molar-refractivity contribution in [3.8, 4) is 0 Å². The van der Waals surface area contributed by atoms with E-state index in [0.717, 1.165) is 44.1 Å². The van der Waals surface area contributed by atoms with Gasteiger partial charge in [-0.15, -0.1) is 11.6 Å². The largest absolute Gasteiger partial charge is 0.447 e. The van der Waals surface area contributed by atoms with Gasteiger partial charge in [0.25, 0.3) is 5.91 Å². The predicted octanol–water partition coefficient (Wildman–Crippen LogP) is 6.70. The van der Waals surface area contributed by atoms with E-state index >= 15 is 0 Å². The number of unbranched alkanes of at least 4 members (excludes halogenated alkanes) is 6. The number of nitrogens with one attached hydrogen (secondary N) is 5. The number of alkyl halides is 1. The van der Waals surface area contributed by atoms with Gasteiger partial charge in [-0.05, 0) is 91.7 Å². The Labute approximate surface area is 490 Å². The number of aryl methyl sites for hydroxylation is 1. The lowest BCUT2D eigenvalue weighted by molar-refractivity contribution is -0.118. The van der Waals surface area contributed by atoms with Crippen molar-refractivity contribution in [3.05, 3.63) is 81.7 Å². The highest BCUT2D eigenvalue weighted by Gasteiger charge is 2.18. The summed E-state index contributed by atoms with van der Waals surface area (Å²) in [5.74, 6) is -0.156. The van der Waals surface area contributed by atoms with E-state index in [9.17, 15) is 33.6 Å². The summed E-state index contributed by atoms with van der Waals surface area (Å²) in [4.78, 5) is 89.6. The molecule has 0 heterocycles. The molecule has 0 aromatic heterocycles. The number of hydrogen-bond donors (Lipinski definition) is 6. The quantitative estimate of drug-likeness (QED) is 0.00763. The molecule has 27 nitrogen and oxygen atoms in total. The van der Waals surface area contributed by atoms with Crippen LogP contribution in [0.15, 0.2) is 59.7 Å². The maximum Gasteiger partial charge on any atom is 0.407 e. The Morgan fingerprint density at radius 2 is 1.04 bits per heavy atom. The third-order valence-electron chi connectivity index (χ3n) is 11.3. The van der Waals surface area contributed by atoms with Gasteiger partial charge in [-0.2, -0.15) is 0 Å². The number of nitrogens with zero attached hydrogens (tertiary/aromatic N) is 4. The molecule has 0 aliphatic carbocycles. The van der Waals surface area contributed by atoms with Crippen LogP contribution in [0.1, 0.15) is 85.7 Å². The Bertz CT molecular complexity index is 2230. The molecule has 0 spiro atoms. The number of benzene rings is 2. The zero-order valence-corrected chi connectivity index (χ0v) is 48.5. The van der Waals surface area contributed by atoms with Crippen molar-refractivity contribution in [1.82, 2.24) is 26.2 Å². The van der Waals surface area contributed by atoms with Crippen LogP contribution in [0, 0.1) is 6.92 Å². The van der Waals surface area contributed by atoms with Gasteiger partial charge in [0.1, 0.15) is 26.4 Å². The SMILES string of the molecule is Cc1ccc(CN(CCNC(=O)OCCOCCOCCNC(=O)OC/C=C/COC(=O)NCCOCCOCCOC(=O)NCCOCCOCCCCCCCl)C(=O)c2ccc(NC(=O)CCCCCCC(N)=O)cc2)cc1N=[N+]=[N-]. The lowest BCUT2D eigenvalue weighted by Gasteiger charge is -2.24. The van der Waals surface area contributed by atoms with Gasteiger partial charge in [0.05, 0.1) is 72.7 Å². The van der Waals surface area contributed by atoms with E-state index in [1.165, 1.54) is 17.1 Å². The number of ether oxygens (including phenoxy) is 10. The molecule has 83 heavy (non-hydrogen) atoms. The molecule has 7 amide bonds. The number of halogens is 1. The van der Waals surface area contributed by atoms with E-state index in [1.54, 1.807) is 43.3 Å². The number of primary amides is 1. The molecular formula is C55H85ClN10O17. The number of nitrogens with two attached hydrogens (primary N) is 1. The summed E-state index contributed by atoms with van der Waals surface area (Å²) in [6.07, 6.45) is 8.28. The van der Waals surface area contributed by atoms with E-state index < -0.39 is 24.4 Å². The molecular weight excluding hydrogens is 1110 g/mol. The number of hydrogen-bond acceptors (Lipinski definition) is 18. The first-order valence-electron chi connectivity index (χ1n) is 27.8. The summed E-state index contributed by atoms with van der Waals surface area (Å²) in [5, 5.41) is 16.9. The number of azide groups is 1. The summed E-state index contributed by atoms with van der Waals surface area (Å²) in [7, 11) is 0. The monoisotopic (exact) mass is 1190 g/mol. The van der Waals surface area contributed by atoms with Gasteiger partial charge >= 0.3 is 24.4 Å². The number of amides is 7. The van der Waals surface area contributed by atoms with Crippen molar-refractivity contribution >= 4 is 65.1 Å². The van der Waals surface area contributed by atoms with Crippen LogP contribution < -0.4 is 32.3 Å². The third kappa shape index (κ3) is 40.8. The molecule has 0 aliphatic rings. The maximum absolute atomic E-state index is 13.8. The smallest absolute Gasteiger partial charge is 0.407 e. The Balaban J connectivity index is 1.47. The third-order valence-corrected chi connectivity index (χ3v) is 11.5.